The molecule has 5 rings (SSSR count). The van der Waals surface area contributed by atoms with Gasteiger partial charge in [0, 0.05) is 52.0 Å². The molecule has 0 spiro atoms. The summed E-state index contributed by atoms with van der Waals surface area (Å²) in [6.45, 7) is 6.49. The Bertz CT molecular complexity index is 750. The molecule has 0 amide bonds. The second kappa shape index (κ2) is 8.73. The van der Waals surface area contributed by atoms with Gasteiger partial charge in [0.1, 0.15) is 5.56 Å². The lowest BCUT2D eigenvalue weighted by molar-refractivity contribution is -0.137. The molecule has 4 aliphatic rings. The molecule has 2 atom stereocenters. The van der Waals surface area contributed by atoms with Gasteiger partial charge in [0.2, 0.25) is 0 Å². The topological polar surface area (TPSA) is 53.5 Å². The van der Waals surface area contributed by atoms with Crippen LogP contribution >= 0.6 is 0 Å². The Morgan fingerprint density at radius 3 is 2.35 bits per heavy atom. The van der Waals surface area contributed by atoms with Crippen LogP contribution in [-0.2, 0) is 10.9 Å². The van der Waals surface area contributed by atoms with Crippen LogP contribution in [0.4, 0.5) is 24.8 Å². The number of hydrogen-bond acceptors (Lipinski definition) is 6. The van der Waals surface area contributed by atoms with E-state index in [4.69, 9.17) is 4.74 Å². The maximum atomic E-state index is 13.8. The predicted octanol–water partition coefficient (Wildman–Crippen LogP) is 3.64. The first-order valence-corrected chi connectivity index (χ1v) is 11.7. The SMILES string of the molecule is FC(F)(F)c1cc(N2CCCC2)nnc1NC1C[C@@H]2CN(CC3CCOCC3)C[C@H]2C1. The zero-order valence-corrected chi connectivity index (χ0v) is 17.9. The summed E-state index contributed by atoms with van der Waals surface area (Å²) < 4.78 is 46.7. The Hall–Kier alpha value is -1.61. The van der Waals surface area contributed by atoms with Crippen molar-refractivity contribution in [3.63, 3.8) is 0 Å². The summed E-state index contributed by atoms with van der Waals surface area (Å²) in [5, 5.41) is 11.2. The maximum Gasteiger partial charge on any atom is 0.420 e. The summed E-state index contributed by atoms with van der Waals surface area (Å²) in [5.41, 5.74) is -0.692. The van der Waals surface area contributed by atoms with Gasteiger partial charge in [0.05, 0.1) is 0 Å². The average Bonchev–Trinajstić information content (AvgIpc) is 3.45. The number of nitrogens with zero attached hydrogens (tertiary/aromatic N) is 4. The first-order valence-electron chi connectivity index (χ1n) is 11.7. The van der Waals surface area contributed by atoms with Gasteiger partial charge in [-0.25, -0.2) is 0 Å². The average molecular weight is 440 g/mol. The molecule has 3 saturated heterocycles. The fourth-order valence-electron chi connectivity index (χ4n) is 5.96. The summed E-state index contributed by atoms with van der Waals surface area (Å²) in [4.78, 5) is 4.45. The van der Waals surface area contributed by atoms with Crippen LogP contribution in [0.5, 0.6) is 0 Å². The standard InChI is InChI=1S/C22H32F3N5O/c23-22(24,25)19-11-20(30-5-1-2-6-30)27-28-21(19)26-18-9-16-13-29(14-17(16)10-18)12-15-3-7-31-8-4-15/h11,15-18H,1-10,12-14H2,(H,26,28)/t16-,17-/m1/s1. The number of anilines is 2. The quantitative estimate of drug-likeness (QED) is 0.756. The van der Waals surface area contributed by atoms with E-state index >= 15 is 0 Å². The lowest BCUT2D eigenvalue weighted by Crippen LogP contribution is -2.32. The van der Waals surface area contributed by atoms with Crippen LogP contribution in [0.25, 0.3) is 0 Å². The number of aromatic nitrogens is 2. The summed E-state index contributed by atoms with van der Waals surface area (Å²) in [5.74, 6) is 2.06. The molecule has 1 aromatic heterocycles. The third-order valence-corrected chi connectivity index (χ3v) is 7.54. The molecule has 0 radical (unpaired) electrons. The van der Waals surface area contributed by atoms with Gasteiger partial charge in [-0.15, -0.1) is 10.2 Å². The molecule has 1 aromatic rings. The summed E-state index contributed by atoms with van der Waals surface area (Å²) >= 11 is 0. The van der Waals surface area contributed by atoms with Crippen molar-refractivity contribution in [2.24, 2.45) is 17.8 Å². The number of likely N-dealkylation sites (tertiary alicyclic amines) is 1. The molecule has 0 unspecified atom stereocenters. The number of fused-ring (bicyclic) bond motifs is 1. The highest BCUT2D eigenvalue weighted by Crippen LogP contribution is 2.41. The molecule has 4 heterocycles. The molecule has 1 saturated carbocycles. The number of hydrogen-bond donors (Lipinski definition) is 1. The van der Waals surface area contributed by atoms with Crippen LogP contribution < -0.4 is 10.2 Å². The van der Waals surface area contributed by atoms with Gasteiger partial charge < -0.3 is 19.9 Å². The second-order valence-electron chi connectivity index (χ2n) is 9.76. The van der Waals surface area contributed by atoms with E-state index in [0.29, 0.717) is 17.7 Å². The minimum atomic E-state index is -4.44. The highest BCUT2D eigenvalue weighted by Gasteiger charge is 2.43. The normalized spacial score (nSPS) is 28.4. The van der Waals surface area contributed by atoms with Crippen LogP contribution in [0.2, 0.25) is 0 Å². The van der Waals surface area contributed by atoms with Crippen molar-refractivity contribution in [3.05, 3.63) is 11.6 Å². The van der Waals surface area contributed by atoms with Crippen molar-refractivity contribution in [2.45, 2.75) is 50.7 Å². The van der Waals surface area contributed by atoms with E-state index in [1.165, 1.54) is 6.07 Å². The van der Waals surface area contributed by atoms with Crippen molar-refractivity contribution >= 4 is 11.6 Å². The second-order valence-corrected chi connectivity index (χ2v) is 9.76. The Morgan fingerprint density at radius 1 is 1.03 bits per heavy atom. The minimum Gasteiger partial charge on any atom is -0.381 e. The minimum absolute atomic E-state index is 0.0354. The summed E-state index contributed by atoms with van der Waals surface area (Å²) in [6.07, 6.45) is 1.62. The molecule has 3 aliphatic heterocycles. The number of rotatable bonds is 5. The molecular weight excluding hydrogens is 407 g/mol. The van der Waals surface area contributed by atoms with Crippen LogP contribution in [0.15, 0.2) is 6.07 Å². The van der Waals surface area contributed by atoms with Crippen LogP contribution in [0.1, 0.15) is 44.1 Å². The van der Waals surface area contributed by atoms with Crippen molar-refractivity contribution in [3.8, 4) is 0 Å². The molecule has 172 valence electrons. The third kappa shape index (κ3) is 4.77. The van der Waals surface area contributed by atoms with Gasteiger partial charge in [-0.3, -0.25) is 0 Å². The lowest BCUT2D eigenvalue weighted by atomic mass is 10.00. The number of ether oxygens (including phenoxy) is 1. The lowest BCUT2D eigenvalue weighted by Gasteiger charge is -2.28. The van der Waals surface area contributed by atoms with E-state index in [1.807, 2.05) is 4.90 Å². The monoisotopic (exact) mass is 439 g/mol. The van der Waals surface area contributed by atoms with E-state index in [0.717, 1.165) is 90.4 Å². The number of halogens is 3. The van der Waals surface area contributed by atoms with Gasteiger partial charge >= 0.3 is 6.18 Å². The molecule has 0 bridgehead atoms. The number of alkyl halides is 3. The van der Waals surface area contributed by atoms with Gasteiger partial charge in [-0.2, -0.15) is 13.2 Å². The molecule has 1 aliphatic carbocycles. The molecular formula is C22H32F3N5O. The van der Waals surface area contributed by atoms with Gasteiger partial charge in [-0.1, -0.05) is 0 Å². The molecule has 1 N–H and O–H groups in total. The van der Waals surface area contributed by atoms with Gasteiger partial charge in [-0.05, 0) is 62.3 Å². The molecule has 9 heteroatoms. The Labute approximate surface area is 181 Å². The molecule has 4 fully saturated rings. The van der Waals surface area contributed by atoms with E-state index in [1.54, 1.807) is 0 Å². The fourth-order valence-corrected chi connectivity index (χ4v) is 5.96. The van der Waals surface area contributed by atoms with Gasteiger partial charge in [0.25, 0.3) is 0 Å². The molecule has 31 heavy (non-hydrogen) atoms. The van der Waals surface area contributed by atoms with Crippen molar-refractivity contribution in [1.82, 2.24) is 15.1 Å². The third-order valence-electron chi connectivity index (χ3n) is 7.54. The zero-order chi connectivity index (χ0) is 21.4. The van der Waals surface area contributed by atoms with E-state index in [-0.39, 0.29) is 11.9 Å². The highest BCUT2D eigenvalue weighted by atomic mass is 19.4. The Balaban J connectivity index is 1.20. The largest absolute Gasteiger partial charge is 0.420 e. The van der Waals surface area contributed by atoms with E-state index < -0.39 is 11.7 Å². The van der Waals surface area contributed by atoms with E-state index in [2.05, 4.69) is 20.4 Å². The first-order chi connectivity index (χ1) is 15.0. The predicted molar refractivity (Wildman–Crippen MR) is 112 cm³/mol. The smallest absolute Gasteiger partial charge is 0.381 e. The summed E-state index contributed by atoms with van der Waals surface area (Å²) in [6, 6.07) is 1.21. The molecule has 6 nitrogen and oxygen atoms in total. The van der Waals surface area contributed by atoms with Crippen molar-refractivity contribution < 1.29 is 17.9 Å². The Morgan fingerprint density at radius 2 is 1.71 bits per heavy atom. The van der Waals surface area contributed by atoms with Crippen molar-refractivity contribution in [1.29, 1.82) is 0 Å². The number of nitrogens with one attached hydrogen (secondary N) is 1. The maximum absolute atomic E-state index is 13.8. The van der Waals surface area contributed by atoms with Crippen molar-refractivity contribution in [2.75, 3.05) is 56.2 Å². The summed E-state index contributed by atoms with van der Waals surface area (Å²) in [7, 11) is 0. The Kier molecular flexibility index (Phi) is 5.98. The van der Waals surface area contributed by atoms with Crippen LogP contribution in [0, 0.1) is 17.8 Å². The highest BCUT2D eigenvalue weighted by molar-refractivity contribution is 5.53. The zero-order valence-electron chi connectivity index (χ0n) is 17.9. The van der Waals surface area contributed by atoms with Crippen LogP contribution in [-0.4, -0.2) is 67.1 Å². The van der Waals surface area contributed by atoms with Gasteiger partial charge in [0.15, 0.2) is 11.6 Å². The fraction of sp³-hybridized carbons (Fsp3) is 0.818. The first kappa shape index (κ1) is 21.2. The molecule has 0 aromatic carbocycles. The van der Waals surface area contributed by atoms with Crippen LogP contribution in [0.3, 0.4) is 0 Å². The van der Waals surface area contributed by atoms with E-state index in [9.17, 15) is 13.2 Å².